The zero-order chi connectivity index (χ0) is 26.3. The van der Waals surface area contributed by atoms with Crippen molar-refractivity contribution in [3.63, 3.8) is 0 Å². The van der Waals surface area contributed by atoms with E-state index in [9.17, 15) is 22.4 Å². The summed E-state index contributed by atoms with van der Waals surface area (Å²) in [6.07, 6.45) is -1.11. The van der Waals surface area contributed by atoms with Crippen molar-refractivity contribution in [3.8, 4) is 11.3 Å². The number of hydrogen-bond acceptors (Lipinski definition) is 9. The molecule has 1 saturated heterocycles. The third-order valence-corrected chi connectivity index (χ3v) is 6.08. The summed E-state index contributed by atoms with van der Waals surface area (Å²) in [5, 5.41) is 26.5. The molecule has 0 bridgehead atoms. The summed E-state index contributed by atoms with van der Waals surface area (Å²) in [5.74, 6) is -3.78. The van der Waals surface area contributed by atoms with Crippen molar-refractivity contribution in [2.45, 2.75) is 31.4 Å². The van der Waals surface area contributed by atoms with Gasteiger partial charge in [0.25, 0.3) is 12.3 Å². The van der Waals surface area contributed by atoms with Crippen LogP contribution in [-0.4, -0.2) is 95.6 Å². The SMILES string of the molecule is CNc1nc(N[C@@H]2CCN(C(=O)CO)CC2(F)F)nn2ccc(-c3ccc4nnn(CC(F)F)c4n3)c12. The van der Waals surface area contributed by atoms with Crippen LogP contribution < -0.4 is 10.6 Å². The van der Waals surface area contributed by atoms with Crippen LogP contribution in [0.25, 0.3) is 27.9 Å². The molecule has 5 heterocycles. The number of likely N-dealkylation sites (tertiary alicyclic amines) is 1. The Morgan fingerprint density at radius 3 is 2.78 bits per heavy atom. The molecule has 0 unspecified atom stereocenters. The number of anilines is 2. The summed E-state index contributed by atoms with van der Waals surface area (Å²) in [6.45, 7) is -2.26. The third-order valence-electron chi connectivity index (χ3n) is 6.08. The first-order chi connectivity index (χ1) is 17.7. The first-order valence-corrected chi connectivity index (χ1v) is 11.3. The highest BCUT2D eigenvalue weighted by atomic mass is 19.3. The van der Waals surface area contributed by atoms with Crippen molar-refractivity contribution >= 4 is 34.4 Å². The van der Waals surface area contributed by atoms with E-state index in [4.69, 9.17) is 5.11 Å². The molecule has 4 aromatic heterocycles. The van der Waals surface area contributed by atoms with E-state index in [0.29, 0.717) is 28.1 Å². The van der Waals surface area contributed by atoms with Gasteiger partial charge in [0.1, 0.15) is 24.2 Å². The standard InChI is InChI=1S/C21H22F4N10O2/c1-26-18-17-11(12-2-3-13-19(27-12)35(32-30-13)8-15(22)23)4-7-34(17)31-20(29-18)28-14-5-6-33(16(37)9-36)10-21(14,24)25/h2-4,7,14-15,36H,5-6,8-10H2,1H3,(H2,26,28,29,31)/t14-/m1/s1. The number of piperidine rings is 1. The molecule has 37 heavy (non-hydrogen) atoms. The Morgan fingerprint density at radius 1 is 1.27 bits per heavy atom. The third kappa shape index (κ3) is 4.59. The van der Waals surface area contributed by atoms with Crippen LogP contribution in [0, 0.1) is 0 Å². The van der Waals surface area contributed by atoms with Crippen LogP contribution in [0.5, 0.6) is 0 Å². The fourth-order valence-corrected chi connectivity index (χ4v) is 4.31. The molecule has 5 rings (SSSR count). The number of aromatic nitrogens is 7. The number of carbonyl (C=O) groups excluding carboxylic acids is 1. The molecule has 1 amide bonds. The molecule has 12 nitrogen and oxygen atoms in total. The topological polar surface area (TPSA) is 138 Å². The lowest BCUT2D eigenvalue weighted by atomic mass is 10.0. The maximum atomic E-state index is 14.8. The number of hydrogen-bond donors (Lipinski definition) is 3. The Bertz CT molecular complexity index is 1460. The Balaban J connectivity index is 1.46. The maximum absolute atomic E-state index is 14.8. The second-order valence-electron chi connectivity index (χ2n) is 8.48. The molecule has 3 N–H and O–H groups in total. The predicted molar refractivity (Wildman–Crippen MR) is 123 cm³/mol. The summed E-state index contributed by atoms with van der Waals surface area (Å²) >= 11 is 0. The number of fused-ring (bicyclic) bond motifs is 2. The summed E-state index contributed by atoms with van der Waals surface area (Å²) in [6, 6.07) is 3.63. The molecule has 196 valence electrons. The van der Waals surface area contributed by atoms with E-state index in [1.807, 2.05) is 0 Å². The second-order valence-corrected chi connectivity index (χ2v) is 8.48. The van der Waals surface area contributed by atoms with Crippen molar-refractivity contribution in [1.82, 2.24) is 39.5 Å². The molecular formula is C21H22F4N10O2. The number of aliphatic hydroxyl groups is 1. The number of alkyl halides is 4. The van der Waals surface area contributed by atoms with E-state index in [0.717, 1.165) is 9.58 Å². The highest BCUT2D eigenvalue weighted by Crippen LogP contribution is 2.32. The molecule has 1 atom stereocenters. The van der Waals surface area contributed by atoms with Gasteiger partial charge in [0, 0.05) is 25.4 Å². The number of halogens is 4. The lowest BCUT2D eigenvalue weighted by molar-refractivity contribution is -0.145. The van der Waals surface area contributed by atoms with Crippen molar-refractivity contribution in [2.24, 2.45) is 0 Å². The van der Waals surface area contributed by atoms with Gasteiger partial charge in [-0.25, -0.2) is 31.7 Å². The zero-order valence-electron chi connectivity index (χ0n) is 19.4. The predicted octanol–water partition coefficient (Wildman–Crippen LogP) is 1.48. The zero-order valence-corrected chi connectivity index (χ0v) is 19.4. The average molecular weight is 522 g/mol. The van der Waals surface area contributed by atoms with Crippen LogP contribution >= 0.6 is 0 Å². The average Bonchev–Trinajstić information content (AvgIpc) is 3.47. The molecular weight excluding hydrogens is 500 g/mol. The lowest BCUT2D eigenvalue weighted by Crippen LogP contribution is -2.56. The van der Waals surface area contributed by atoms with E-state index in [1.54, 1.807) is 31.4 Å². The van der Waals surface area contributed by atoms with E-state index < -0.39 is 44.0 Å². The van der Waals surface area contributed by atoms with Gasteiger partial charge in [-0.05, 0) is 24.6 Å². The van der Waals surface area contributed by atoms with Crippen LogP contribution in [0.15, 0.2) is 24.4 Å². The smallest absolute Gasteiger partial charge is 0.285 e. The maximum Gasteiger partial charge on any atom is 0.285 e. The number of pyridine rings is 1. The number of carbonyl (C=O) groups is 1. The highest BCUT2D eigenvalue weighted by Gasteiger charge is 2.46. The van der Waals surface area contributed by atoms with E-state index in [2.05, 4.69) is 36.0 Å². The highest BCUT2D eigenvalue weighted by molar-refractivity contribution is 5.89. The van der Waals surface area contributed by atoms with Gasteiger partial charge >= 0.3 is 0 Å². The molecule has 4 aromatic rings. The van der Waals surface area contributed by atoms with Crippen LogP contribution in [0.4, 0.5) is 29.3 Å². The minimum absolute atomic E-state index is 0.0482. The van der Waals surface area contributed by atoms with Gasteiger partial charge in [-0.1, -0.05) is 5.21 Å². The van der Waals surface area contributed by atoms with Crippen molar-refractivity contribution in [1.29, 1.82) is 0 Å². The molecule has 1 fully saturated rings. The molecule has 1 aliphatic heterocycles. The fourth-order valence-electron chi connectivity index (χ4n) is 4.31. The number of nitrogens with zero attached hydrogens (tertiary/aromatic N) is 8. The van der Waals surface area contributed by atoms with Gasteiger partial charge in [-0.2, -0.15) is 4.98 Å². The number of nitrogens with one attached hydrogen (secondary N) is 2. The molecule has 0 saturated carbocycles. The Labute approximate surface area is 206 Å². The van der Waals surface area contributed by atoms with Crippen molar-refractivity contribution < 1.29 is 27.5 Å². The van der Waals surface area contributed by atoms with Gasteiger partial charge in [-0.3, -0.25) is 4.79 Å². The molecule has 0 aromatic carbocycles. The molecule has 0 radical (unpaired) electrons. The minimum Gasteiger partial charge on any atom is -0.387 e. The Hall–Kier alpha value is -4.08. The van der Waals surface area contributed by atoms with E-state index in [1.165, 1.54) is 4.52 Å². The van der Waals surface area contributed by atoms with Crippen LogP contribution in [0.1, 0.15) is 6.42 Å². The van der Waals surface area contributed by atoms with Gasteiger partial charge in [0.2, 0.25) is 11.9 Å². The Kier molecular flexibility index (Phi) is 6.26. The fraction of sp³-hybridized carbons (Fsp3) is 0.429. The molecule has 0 spiro atoms. The summed E-state index contributed by atoms with van der Waals surface area (Å²) in [7, 11) is 1.61. The number of rotatable bonds is 7. The monoisotopic (exact) mass is 522 g/mol. The normalized spacial score (nSPS) is 17.6. The van der Waals surface area contributed by atoms with E-state index >= 15 is 0 Å². The van der Waals surface area contributed by atoms with Crippen molar-refractivity contribution in [2.75, 3.05) is 37.4 Å². The quantitative estimate of drug-likeness (QED) is 0.308. The first-order valence-electron chi connectivity index (χ1n) is 11.3. The first kappa shape index (κ1) is 24.6. The lowest BCUT2D eigenvalue weighted by Gasteiger charge is -2.38. The van der Waals surface area contributed by atoms with Crippen LogP contribution in [-0.2, 0) is 11.3 Å². The van der Waals surface area contributed by atoms with Crippen LogP contribution in [0.2, 0.25) is 0 Å². The van der Waals surface area contributed by atoms with Gasteiger partial charge in [-0.15, -0.1) is 10.2 Å². The van der Waals surface area contributed by atoms with Gasteiger partial charge < -0.3 is 20.6 Å². The Morgan fingerprint density at radius 2 is 2.08 bits per heavy atom. The molecule has 0 aliphatic carbocycles. The summed E-state index contributed by atoms with van der Waals surface area (Å²) in [4.78, 5) is 21.4. The largest absolute Gasteiger partial charge is 0.387 e. The van der Waals surface area contributed by atoms with Crippen LogP contribution in [0.3, 0.4) is 0 Å². The second kappa shape index (κ2) is 9.42. The molecule has 16 heteroatoms. The minimum atomic E-state index is -3.28. The number of amides is 1. The summed E-state index contributed by atoms with van der Waals surface area (Å²) < 4.78 is 57.8. The number of aliphatic hydroxyl groups excluding tert-OH is 1. The van der Waals surface area contributed by atoms with Gasteiger partial charge in [0.15, 0.2) is 11.5 Å². The van der Waals surface area contributed by atoms with Crippen molar-refractivity contribution in [3.05, 3.63) is 24.4 Å². The summed E-state index contributed by atoms with van der Waals surface area (Å²) in [5.41, 5.74) is 2.04. The van der Waals surface area contributed by atoms with Gasteiger partial charge in [0.05, 0.1) is 18.3 Å². The van der Waals surface area contributed by atoms with E-state index in [-0.39, 0.29) is 24.6 Å². The molecule has 1 aliphatic rings.